The number of likely N-dealkylation sites (N-methyl/N-ethyl adjacent to an activating group) is 2. The molecule has 2 aromatic carbocycles. The zero-order valence-electron chi connectivity index (χ0n) is 19.7. The minimum atomic E-state index is -0.154. The van der Waals surface area contributed by atoms with Crippen LogP contribution in [-0.2, 0) is 22.4 Å². The fraction of sp³-hybridized carbons (Fsp3) is 0.423. The number of benzene rings is 2. The van der Waals surface area contributed by atoms with E-state index in [1.165, 1.54) is 11.1 Å². The van der Waals surface area contributed by atoms with E-state index < -0.39 is 0 Å². The fourth-order valence-electron chi connectivity index (χ4n) is 4.23. The van der Waals surface area contributed by atoms with Gasteiger partial charge in [-0.3, -0.25) is 9.59 Å². The third kappa shape index (κ3) is 6.33. The SMILES string of the molecule is CCNCCNC(=O)CN(CC(=O)N(C)C1Cc2ccccc2C1)c1cc(C#N)ccc1C. The van der Waals surface area contributed by atoms with E-state index in [9.17, 15) is 14.9 Å². The number of nitrogens with one attached hydrogen (secondary N) is 2. The molecule has 1 aliphatic carbocycles. The highest BCUT2D eigenvalue weighted by atomic mass is 16.2. The third-order valence-corrected chi connectivity index (χ3v) is 6.18. The number of anilines is 1. The lowest BCUT2D eigenvalue weighted by atomic mass is 10.1. The Bertz CT molecular complexity index is 1000. The van der Waals surface area contributed by atoms with Crippen LogP contribution in [-0.4, -0.2) is 62.5 Å². The number of hydrogen-bond acceptors (Lipinski definition) is 5. The summed E-state index contributed by atoms with van der Waals surface area (Å²) in [5.74, 6) is -0.201. The van der Waals surface area contributed by atoms with E-state index in [1.807, 2.05) is 39.1 Å². The van der Waals surface area contributed by atoms with Gasteiger partial charge in [-0.1, -0.05) is 37.3 Å². The van der Waals surface area contributed by atoms with Crippen LogP contribution < -0.4 is 15.5 Å². The first-order valence-corrected chi connectivity index (χ1v) is 11.5. The van der Waals surface area contributed by atoms with Gasteiger partial charge in [0.1, 0.15) is 0 Å². The lowest BCUT2D eigenvalue weighted by Gasteiger charge is -2.30. The zero-order chi connectivity index (χ0) is 23.8. The lowest BCUT2D eigenvalue weighted by molar-refractivity contribution is -0.130. The number of rotatable bonds is 10. The molecular weight excluding hydrogens is 414 g/mol. The smallest absolute Gasteiger partial charge is 0.242 e. The first-order chi connectivity index (χ1) is 15.9. The van der Waals surface area contributed by atoms with Gasteiger partial charge < -0.3 is 20.4 Å². The van der Waals surface area contributed by atoms with Crippen molar-refractivity contribution in [3.8, 4) is 6.07 Å². The largest absolute Gasteiger partial charge is 0.353 e. The van der Waals surface area contributed by atoms with Crippen LogP contribution in [0.15, 0.2) is 42.5 Å². The molecule has 0 unspecified atom stereocenters. The molecule has 3 rings (SSSR count). The molecule has 0 fully saturated rings. The molecule has 7 nitrogen and oxygen atoms in total. The third-order valence-electron chi connectivity index (χ3n) is 6.18. The number of fused-ring (bicyclic) bond motifs is 1. The molecule has 7 heteroatoms. The fourth-order valence-corrected chi connectivity index (χ4v) is 4.23. The van der Waals surface area contributed by atoms with Gasteiger partial charge >= 0.3 is 0 Å². The molecule has 0 saturated heterocycles. The molecule has 0 spiro atoms. The highest BCUT2D eigenvalue weighted by Gasteiger charge is 2.28. The molecule has 2 aromatic rings. The van der Waals surface area contributed by atoms with Gasteiger partial charge in [0.2, 0.25) is 11.8 Å². The topological polar surface area (TPSA) is 88.5 Å². The molecule has 2 N–H and O–H groups in total. The van der Waals surface area contributed by atoms with Gasteiger partial charge in [-0.05, 0) is 55.1 Å². The van der Waals surface area contributed by atoms with E-state index in [0.29, 0.717) is 18.7 Å². The first-order valence-electron chi connectivity index (χ1n) is 11.5. The van der Waals surface area contributed by atoms with Crippen LogP contribution in [0.4, 0.5) is 5.69 Å². The summed E-state index contributed by atoms with van der Waals surface area (Å²) >= 11 is 0. The van der Waals surface area contributed by atoms with Crippen LogP contribution >= 0.6 is 0 Å². The Labute approximate surface area is 196 Å². The van der Waals surface area contributed by atoms with E-state index in [1.54, 1.807) is 21.9 Å². The van der Waals surface area contributed by atoms with Crippen molar-refractivity contribution in [3.63, 3.8) is 0 Å². The van der Waals surface area contributed by atoms with Crippen molar-refractivity contribution < 1.29 is 9.59 Å². The summed E-state index contributed by atoms with van der Waals surface area (Å²) in [6.07, 6.45) is 1.68. The Hall–Kier alpha value is -3.37. The number of aryl methyl sites for hydroxylation is 1. The summed E-state index contributed by atoms with van der Waals surface area (Å²) < 4.78 is 0. The minimum absolute atomic E-state index is 0.0463. The molecule has 0 aliphatic heterocycles. The molecule has 0 atom stereocenters. The lowest BCUT2D eigenvalue weighted by Crippen LogP contribution is -2.47. The van der Waals surface area contributed by atoms with E-state index >= 15 is 0 Å². The van der Waals surface area contributed by atoms with Crippen LogP contribution in [0.5, 0.6) is 0 Å². The standard InChI is InChI=1S/C26H33N5O2/c1-4-28-11-12-29-25(32)17-31(24-13-20(16-27)10-9-19(24)2)18-26(33)30(3)23-14-21-7-5-6-8-22(21)15-23/h5-10,13,23,28H,4,11-12,14-15,17-18H2,1-3H3,(H,29,32). The monoisotopic (exact) mass is 447 g/mol. The maximum absolute atomic E-state index is 13.3. The second-order valence-corrected chi connectivity index (χ2v) is 8.51. The molecule has 0 aromatic heterocycles. The van der Waals surface area contributed by atoms with E-state index in [-0.39, 0.29) is 30.9 Å². The maximum Gasteiger partial charge on any atom is 0.242 e. The van der Waals surface area contributed by atoms with Crippen molar-refractivity contribution in [1.82, 2.24) is 15.5 Å². The molecule has 0 heterocycles. The number of carbonyl (C=O) groups excluding carboxylic acids is 2. The Morgan fingerprint density at radius 2 is 1.79 bits per heavy atom. The molecule has 0 saturated carbocycles. The summed E-state index contributed by atoms with van der Waals surface area (Å²) in [5, 5.41) is 15.4. The van der Waals surface area contributed by atoms with Crippen LogP contribution in [0.25, 0.3) is 0 Å². The van der Waals surface area contributed by atoms with Gasteiger partial charge in [0.15, 0.2) is 0 Å². The van der Waals surface area contributed by atoms with Crippen LogP contribution in [0.1, 0.15) is 29.2 Å². The Balaban J connectivity index is 1.73. The van der Waals surface area contributed by atoms with Gasteiger partial charge in [0, 0.05) is 31.9 Å². The summed E-state index contributed by atoms with van der Waals surface area (Å²) in [4.78, 5) is 29.5. The van der Waals surface area contributed by atoms with Crippen molar-refractivity contribution >= 4 is 17.5 Å². The van der Waals surface area contributed by atoms with Gasteiger partial charge in [0.05, 0.1) is 24.7 Å². The predicted octanol–water partition coefficient (Wildman–Crippen LogP) is 2.02. The average Bonchev–Trinajstić information content (AvgIpc) is 3.25. The van der Waals surface area contributed by atoms with Crippen LogP contribution in [0, 0.1) is 18.3 Å². The van der Waals surface area contributed by atoms with E-state index in [2.05, 4.69) is 28.8 Å². The molecule has 33 heavy (non-hydrogen) atoms. The van der Waals surface area contributed by atoms with E-state index in [0.717, 1.165) is 30.6 Å². The molecule has 174 valence electrons. The number of hydrogen-bond donors (Lipinski definition) is 2. The number of nitrogens with zero attached hydrogens (tertiary/aromatic N) is 3. The molecule has 0 bridgehead atoms. The van der Waals surface area contributed by atoms with Gasteiger partial charge in [-0.2, -0.15) is 5.26 Å². The summed E-state index contributed by atoms with van der Waals surface area (Å²) in [6, 6.07) is 15.9. The number of amides is 2. The number of nitriles is 1. The van der Waals surface area contributed by atoms with Gasteiger partial charge in [0.25, 0.3) is 0 Å². The predicted molar refractivity (Wildman–Crippen MR) is 130 cm³/mol. The van der Waals surface area contributed by atoms with Crippen molar-refractivity contribution in [2.45, 2.75) is 32.7 Å². The van der Waals surface area contributed by atoms with E-state index in [4.69, 9.17) is 0 Å². The highest BCUT2D eigenvalue weighted by molar-refractivity contribution is 5.87. The molecule has 2 amide bonds. The van der Waals surface area contributed by atoms with Crippen molar-refractivity contribution in [3.05, 3.63) is 64.7 Å². The zero-order valence-corrected chi connectivity index (χ0v) is 19.7. The second kappa shape index (κ2) is 11.5. The maximum atomic E-state index is 13.3. The Morgan fingerprint density at radius 1 is 1.09 bits per heavy atom. The van der Waals surface area contributed by atoms with Crippen LogP contribution in [0.2, 0.25) is 0 Å². The summed E-state index contributed by atoms with van der Waals surface area (Å²) in [7, 11) is 1.84. The minimum Gasteiger partial charge on any atom is -0.353 e. The summed E-state index contributed by atoms with van der Waals surface area (Å²) in [6.45, 7) is 6.11. The first kappa shape index (κ1) is 24.3. The molecular formula is C26H33N5O2. The van der Waals surface area contributed by atoms with Gasteiger partial charge in [-0.25, -0.2) is 0 Å². The quantitative estimate of drug-likeness (QED) is 0.544. The van der Waals surface area contributed by atoms with Crippen molar-refractivity contribution in [2.24, 2.45) is 0 Å². The molecule has 0 radical (unpaired) electrons. The Morgan fingerprint density at radius 3 is 2.42 bits per heavy atom. The second-order valence-electron chi connectivity index (χ2n) is 8.51. The van der Waals surface area contributed by atoms with Crippen molar-refractivity contribution in [2.75, 3.05) is 44.7 Å². The van der Waals surface area contributed by atoms with Gasteiger partial charge in [-0.15, -0.1) is 0 Å². The van der Waals surface area contributed by atoms with Crippen LogP contribution in [0.3, 0.4) is 0 Å². The highest BCUT2D eigenvalue weighted by Crippen LogP contribution is 2.26. The normalized spacial score (nSPS) is 12.7. The number of carbonyl (C=O) groups is 2. The Kier molecular flexibility index (Phi) is 8.45. The summed E-state index contributed by atoms with van der Waals surface area (Å²) in [5.41, 5.74) is 4.72. The molecule has 1 aliphatic rings. The average molecular weight is 448 g/mol. The van der Waals surface area contributed by atoms with Crippen molar-refractivity contribution in [1.29, 1.82) is 5.26 Å².